The summed E-state index contributed by atoms with van der Waals surface area (Å²) in [7, 11) is 0. The maximum atomic E-state index is 11.5. The number of hydrogen-bond donors (Lipinski definition) is 3. The highest BCUT2D eigenvalue weighted by atomic mass is 16.4. The zero-order chi connectivity index (χ0) is 12.8. The van der Waals surface area contributed by atoms with Gasteiger partial charge in [0, 0.05) is 12.1 Å². The minimum Gasteiger partial charge on any atom is -0.481 e. The normalized spacial score (nSPS) is 25.7. The van der Waals surface area contributed by atoms with Gasteiger partial charge >= 0.3 is 12.0 Å². The number of carboxylic acids is 1. The van der Waals surface area contributed by atoms with Gasteiger partial charge in [0.2, 0.25) is 0 Å². The van der Waals surface area contributed by atoms with Crippen LogP contribution in [0.25, 0.3) is 0 Å². The summed E-state index contributed by atoms with van der Waals surface area (Å²) in [6.07, 6.45) is 4.38. The molecule has 5 heteroatoms. The van der Waals surface area contributed by atoms with E-state index in [0.29, 0.717) is 12.8 Å². The number of aliphatic carboxylic acids is 1. The Balaban J connectivity index is 2.28. The van der Waals surface area contributed by atoms with Gasteiger partial charge in [-0.05, 0) is 32.6 Å². The fourth-order valence-electron chi connectivity index (χ4n) is 1.98. The predicted molar refractivity (Wildman–Crippen MR) is 64.7 cm³/mol. The molecule has 5 nitrogen and oxygen atoms in total. The standard InChI is InChI=1S/C12H20N2O3/c1-3-8(2)13-12(17)14-10-6-4-9(5-7-10)11(15)16/h3,8-10H,1,4-7H2,2H3,(H,15,16)(H2,13,14,17). The van der Waals surface area contributed by atoms with Crippen LogP contribution >= 0.6 is 0 Å². The maximum Gasteiger partial charge on any atom is 0.315 e. The third-order valence-electron chi connectivity index (χ3n) is 3.12. The molecule has 0 saturated heterocycles. The molecule has 1 fully saturated rings. The van der Waals surface area contributed by atoms with Gasteiger partial charge < -0.3 is 15.7 Å². The highest BCUT2D eigenvalue weighted by Crippen LogP contribution is 2.24. The fourth-order valence-corrected chi connectivity index (χ4v) is 1.98. The van der Waals surface area contributed by atoms with Crippen molar-refractivity contribution in [3.63, 3.8) is 0 Å². The largest absolute Gasteiger partial charge is 0.481 e. The number of carboxylic acid groups (broad SMARTS) is 1. The number of amides is 2. The molecular weight excluding hydrogens is 220 g/mol. The molecule has 1 saturated carbocycles. The monoisotopic (exact) mass is 240 g/mol. The van der Waals surface area contributed by atoms with Crippen LogP contribution in [-0.4, -0.2) is 29.2 Å². The molecule has 1 unspecified atom stereocenters. The van der Waals surface area contributed by atoms with Crippen LogP contribution < -0.4 is 10.6 Å². The molecule has 3 N–H and O–H groups in total. The zero-order valence-electron chi connectivity index (χ0n) is 10.1. The maximum absolute atomic E-state index is 11.5. The summed E-state index contributed by atoms with van der Waals surface area (Å²) < 4.78 is 0. The Morgan fingerprint density at radius 1 is 1.35 bits per heavy atom. The Morgan fingerprint density at radius 2 is 1.94 bits per heavy atom. The predicted octanol–water partition coefficient (Wildman–Crippen LogP) is 1.50. The lowest BCUT2D eigenvalue weighted by Crippen LogP contribution is -2.46. The molecule has 1 rings (SSSR count). The van der Waals surface area contributed by atoms with Crippen LogP contribution in [0.15, 0.2) is 12.7 Å². The Labute approximate surface area is 101 Å². The van der Waals surface area contributed by atoms with Crippen LogP contribution in [0.3, 0.4) is 0 Å². The van der Waals surface area contributed by atoms with Crippen LogP contribution in [0.1, 0.15) is 32.6 Å². The Kier molecular flexibility index (Phi) is 5.00. The van der Waals surface area contributed by atoms with Gasteiger partial charge in [0.15, 0.2) is 0 Å². The van der Waals surface area contributed by atoms with Crippen molar-refractivity contribution in [2.45, 2.75) is 44.7 Å². The third-order valence-corrected chi connectivity index (χ3v) is 3.12. The van der Waals surface area contributed by atoms with E-state index >= 15 is 0 Å². The minimum atomic E-state index is -0.729. The van der Waals surface area contributed by atoms with Crippen molar-refractivity contribution >= 4 is 12.0 Å². The Bertz CT molecular complexity index is 296. The van der Waals surface area contributed by atoms with E-state index < -0.39 is 5.97 Å². The lowest BCUT2D eigenvalue weighted by molar-refractivity contribution is -0.142. The summed E-state index contributed by atoms with van der Waals surface area (Å²) in [4.78, 5) is 22.3. The van der Waals surface area contributed by atoms with Crippen LogP contribution in [-0.2, 0) is 4.79 Å². The summed E-state index contributed by atoms with van der Waals surface area (Å²) in [5.74, 6) is -0.976. The van der Waals surface area contributed by atoms with Gasteiger partial charge in [0.05, 0.1) is 5.92 Å². The average Bonchev–Trinajstić information content (AvgIpc) is 2.29. The molecule has 2 amide bonds. The summed E-state index contributed by atoms with van der Waals surface area (Å²) in [6.45, 7) is 5.42. The lowest BCUT2D eigenvalue weighted by Gasteiger charge is -2.27. The summed E-state index contributed by atoms with van der Waals surface area (Å²) >= 11 is 0. The lowest BCUT2D eigenvalue weighted by atomic mass is 9.86. The smallest absolute Gasteiger partial charge is 0.315 e. The first-order valence-corrected chi connectivity index (χ1v) is 5.95. The first-order valence-electron chi connectivity index (χ1n) is 5.95. The van der Waals surface area contributed by atoms with Gasteiger partial charge in [0.1, 0.15) is 0 Å². The third kappa shape index (κ3) is 4.46. The second kappa shape index (κ2) is 6.27. The second-order valence-electron chi connectivity index (χ2n) is 4.53. The van der Waals surface area contributed by atoms with Crippen molar-refractivity contribution in [3.8, 4) is 0 Å². The molecule has 1 atom stereocenters. The molecule has 0 bridgehead atoms. The van der Waals surface area contributed by atoms with Gasteiger partial charge in [-0.15, -0.1) is 6.58 Å². The Hall–Kier alpha value is -1.52. The van der Waals surface area contributed by atoms with E-state index in [1.54, 1.807) is 6.08 Å². The van der Waals surface area contributed by atoms with E-state index in [1.807, 2.05) is 6.92 Å². The summed E-state index contributed by atoms with van der Waals surface area (Å²) in [5, 5.41) is 14.4. The SMILES string of the molecule is C=CC(C)NC(=O)NC1CCC(C(=O)O)CC1. The number of nitrogens with one attached hydrogen (secondary N) is 2. The van der Waals surface area contributed by atoms with Crippen molar-refractivity contribution in [3.05, 3.63) is 12.7 Å². The molecule has 0 aromatic heterocycles. The van der Waals surface area contributed by atoms with Crippen LogP contribution in [0.4, 0.5) is 4.79 Å². The molecule has 1 aliphatic carbocycles. The van der Waals surface area contributed by atoms with Crippen molar-refractivity contribution in [1.29, 1.82) is 0 Å². The molecule has 0 spiro atoms. The first kappa shape index (κ1) is 13.5. The quantitative estimate of drug-likeness (QED) is 0.652. The van der Waals surface area contributed by atoms with Gasteiger partial charge in [0.25, 0.3) is 0 Å². The summed E-state index contributed by atoms with van der Waals surface area (Å²) in [5.41, 5.74) is 0. The minimum absolute atomic E-state index is 0.0645. The molecular formula is C12H20N2O3. The number of hydrogen-bond acceptors (Lipinski definition) is 2. The van der Waals surface area contributed by atoms with E-state index in [2.05, 4.69) is 17.2 Å². The number of urea groups is 1. The zero-order valence-corrected chi connectivity index (χ0v) is 10.1. The molecule has 0 aromatic rings. The first-order chi connectivity index (χ1) is 8.02. The molecule has 0 radical (unpaired) electrons. The molecule has 17 heavy (non-hydrogen) atoms. The van der Waals surface area contributed by atoms with E-state index in [0.717, 1.165) is 12.8 Å². The highest BCUT2D eigenvalue weighted by molar-refractivity contribution is 5.75. The van der Waals surface area contributed by atoms with Crippen molar-refractivity contribution in [2.24, 2.45) is 5.92 Å². The molecule has 0 heterocycles. The molecule has 96 valence electrons. The van der Waals surface area contributed by atoms with E-state index in [1.165, 1.54) is 0 Å². The molecule has 0 aromatic carbocycles. The topological polar surface area (TPSA) is 78.4 Å². The second-order valence-corrected chi connectivity index (χ2v) is 4.53. The van der Waals surface area contributed by atoms with E-state index in [4.69, 9.17) is 5.11 Å². The number of carbonyl (C=O) groups excluding carboxylic acids is 1. The van der Waals surface area contributed by atoms with Crippen molar-refractivity contribution in [1.82, 2.24) is 10.6 Å². The molecule has 0 aliphatic heterocycles. The van der Waals surface area contributed by atoms with Gasteiger partial charge in [-0.1, -0.05) is 6.08 Å². The Morgan fingerprint density at radius 3 is 2.41 bits per heavy atom. The average molecular weight is 240 g/mol. The van der Waals surface area contributed by atoms with Crippen LogP contribution in [0, 0.1) is 5.92 Å². The van der Waals surface area contributed by atoms with Crippen LogP contribution in [0.5, 0.6) is 0 Å². The van der Waals surface area contributed by atoms with E-state index in [-0.39, 0.29) is 24.0 Å². The summed E-state index contributed by atoms with van der Waals surface area (Å²) in [6, 6.07) is -0.191. The highest BCUT2D eigenvalue weighted by Gasteiger charge is 2.26. The van der Waals surface area contributed by atoms with E-state index in [9.17, 15) is 9.59 Å². The van der Waals surface area contributed by atoms with Gasteiger partial charge in [-0.2, -0.15) is 0 Å². The van der Waals surface area contributed by atoms with Gasteiger partial charge in [-0.3, -0.25) is 4.79 Å². The fraction of sp³-hybridized carbons (Fsp3) is 0.667. The number of rotatable bonds is 4. The number of carbonyl (C=O) groups is 2. The van der Waals surface area contributed by atoms with Crippen molar-refractivity contribution < 1.29 is 14.7 Å². The van der Waals surface area contributed by atoms with Crippen LogP contribution in [0.2, 0.25) is 0 Å². The van der Waals surface area contributed by atoms with Crippen molar-refractivity contribution in [2.75, 3.05) is 0 Å². The molecule has 1 aliphatic rings. The van der Waals surface area contributed by atoms with Gasteiger partial charge in [-0.25, -0.2) is 4.79 Å².